The van der Waals surface area contributed by atoms with Crippen LogP contribution in [0.2, 0.25) is 0 Å². The summed E-state index contributed by atoms with van der Waals surface area (Å²) in [5.74, 6) is 1.10. The van der Waals surface area contributed by atoms with Crippen LogP contribution < -0.4 is 5.32 Å². The summed E-state index contributed by atoms with van der Waals surface area (Å²) in [5.41, 5.74) is 0.888. The van der Waals surface area contributed by atoms with E-state index in [1.54, 1.807) is 0 Å². The maximum Gasteiger partial charge on any atom is 0.193 e. The van der Waals surface area contributed by atoms with Crippen LogP contribution >= 0.6 is 0 Å². The summed E-state index contributed by atoms with van der Waals surface area (Å²) in [6, 6.07) is 0. The summed E-state index contributed by atoms with van der Waals surface area (Å²) in [7, 11) is 1.91. The Labute approximate surface area is 123 Å². The Kier molecular flexibility index (Phi) is 3.93. The van der Waals surface area contributed by atoms with Gasteiger partial charge in [0.05, 0.1) is 6.61 Å². The van der Waals surface area contributed by atoms with Gasteiger partial charge in [-0.05, 0) is 31.1 Å². The van der Waals surface area contributed by atoms with Crippen molar-refractivity contribution in [2.24, 2.45) is 15.8 Å². The number of aliphatic imine (C=N–C) groups is 1. The highest BCUT2D eigenvalue weighted by Crippen LogP contribution is 2.39. The number of nitrogens with zero attached hydrogens (tertiary/aromatic N) is 2. The lowest BCUT2D eigenvalue weighted by Crippen LogP contribution is -2.44. The van der Waals surface area contributed by atoms with Crippen LogP contribution in [0.1, 0.15) is 45.4 Å². The van der Waals surface area contributed by atoms with Crippen LogP contribution in [-0.4, -0.2) is 50.8 Å². The van der Waals surface area contributed by atoms with E-state index in [1.807, 2.05) is 7.05 Å². The minimum absolute atomic E-state index is 0.412. The van der Waals surface area contributed by atoms with Crippen LogP contribution in [0.5, 0.6) is 0 Å². The van der Waals surface area contributed by atoms with Crippen molar-refractivity contribution in [2.45, 2.75) is 45.4 Å². The summed E-state index contributed by atoms with van der Waals surface area (Å²) in [4.78, 5) is 6.94. The van der Waals surface area contributed by atoms with E-state index in [1.165, 1.54) is 38.5 Å². The fraction of sp³-hybridized carbons (Fsp3) is 0.938. The van der Waals surface area contributed by atoms with Crippen LogP contribution in [0.3, 0.4) is 0 Å². The zero-order valence-electron chi connectivity index (χ0n) is 13.1. The van der Waals surface area contributed by atoms with Crippen molar-refractivity contribution in [3.05, 3.63) is 0 Å². The third-order valence-electron chi connectivity index (χ3n) is 5.62. The highest BCUT2D eigenvalue weighted by Gasteiger charge is 2.42. The third-order valence-corrected chi connectivity index (χ3v) is 5.62. The van der Waals surface area contributed by atoms with E-state index in [2.05, 4.69) is 22.1 Å². The van der Waals surface area contributed by atoms with Crippen molar-refractivity contribution in [3.63, 3.8) is 0 Å². The Bertz CT molecular complexity index is 368. The Balaban J connectivity index is 1.55. The van der Waals surface area contributed by atoms with Crippen molar-refractivity contribution < 1.29 is 4.74 Å². The minimum atomic E-state index is 0.412. The molecule has 0 bridgehead atoms. The quantitative estimate of drug-likeness (QED) is 0.622. The van der Waals surface area contributed by atoms with Crippen molar-refractivity contribution >= 4 is 5.96 Å². The Morgan fingerprint density at radius 3 is 2.70 bits per heavy atom. The Morgan fingerprint density at radius 2 is 2.05 bits per heavy atom. The molecule has 2 aliphatic heterocycles. The summed E-state index contributed by atoms with van der Waals surface area (Å²) >= 11 is 0. The molecule has 4 heteroatoms. The first kappa shape index (κ1) is 14.2. The second kappa shape index (κ2) is 5.55. The molecule has 2 heterocycles. The largest absolute Gasteiger partial charge is 0.381 e. The van der Waals surface area contributed by atoms with Crippen LogP contribution in [-0.2, 0) is 4.74 Å². The maximum atomic E-state index is 5.61. The molecule has 4 nitrogen and oxygen atoms in total. The lowest BCUT2D eigenvalue weighted by molar-refractivity contribution is 0.156. The molecule has 1 N–H and O–H groups in total. The topological polar surface area (TPSA) is 36.9 Å². The lowest BCUT2D eigenvalue weighted by Gasteiger charge is -2.29. The molecule has 1 atom stereocenters. The monoisotopic (exact) mass is 279 g/mol. The highest BCUT2D eigenvalue weighted by atomic mass is 16.5. The molecule has 2 saturated heterocycles. The molecule has 3 rings (SSSR count). The van der Waals surface area contributed by atoms with Gasteiger partial charge in [-0.2, -0.15) is 0 Å². The molecule has 1 aliphatic carbocycles. The molecule has 0 amide bonds. The van der Waals surface area contributed by atoms with Gasteiger partial charge in [0.2, 0.25) is 0 Å². The van der Waals surface area contributed by atoms with Gasteiger partial charge in [0.1, 0.15) is 0 Å². The number of rotatable bonds is 2. The normalized spacial score (nSPS) is 33.3. The molecule has 0 radical (unpaired) electrons. The van der Waals surface area contributed by atoms with Crippen molar-refractivity contribution in [3.8, 4) is 0 Å². The van der Waals surface area contributed by atoms with Gasteiger partial charge >= 0.3 is 0 Å². The Hall–Kier alpha value is -0.770. The van der Waals surface area contributed by atoms with Crippen LogP contribution in [0.25, 0.3) is 0 Å². The summed E-state index contributed by atoms with van der Waals surface area (Å²) in [6.45, 7) is 7.61. The first-order valence-electron chi connectivity index (χ1n) is 8.18. The van der Waals surface area contributed by atoms with Gasteiger partial charge in [-0.15, -0.1) is 0 Å². The van der Waals surface area contributed by atoms with Gasteiger partial charge in [-0.3, -0.25) is 4.99 Å². The van der Waals surface area contributed by atoms with E-state index < -0.39 is 0 Å². The SMILES string of the molecule is CN=C(NCC1(C)CCCC1)N1CCC2(CCOC2)C1. The minimum Gasteiger partial charge on any atom is -0.381 e. The predicted molar refractivity (Wildman–Crippen MR) is 82.0 cm³/mol. The van der Waals surface area contributed by atoms with E-state index in [9.17, 15) is 0 Å². The average molecular weight is 279 g/mol. The van der Waals surface area contributed by atoms with E-state index in [0.717, 1.165) is 38.8 Å². The summed E-state index contributed by atoms with van der Waals surface area (Å²) < 4.78 is 5.61. The third kappa shape index (κ3) is 2.80. The van der Waals surface area contributed by atoms with Gasteiger partial charge in [0.15, 0.2) is 5.96 Å². The van der Waals surface area contributed by atoms with Crippen LogP contribution in [0.4, 0.5) is 0 Å². The number of hydrogen-bond donors (Lipinski definition) is 1. The molecular weight excluding hydrogens is 250 g/mol. The molecule has 1 spiro atoms. The molecule has 0 aromatic rings. The lowest BCUT2D eigenvalue weighted by atomic mass is 9.87. The number of nitrogens with one attached hydrogen (secondary N) is 1. The predicted octanol–water partition coefficient (Wildman–Crippen LogP) is 2.25. The maximum absolute atomic E-state index is 5.61. The fourth-order valence-electron chi connectivity index (χ4n) is 4.12. The van der Waals surface area contributed by atoms with Crippen molar-refractivity contribution in [1.82, 2.24) is 10.2 Å². The standard InChI is InChI=1S/C16H29N3O/c1-15(5-3-4-6-15)11-18-14(17-2)19-9-7-16(12-19)8-10-20-13-16/h3-13H2,1-2H3,(H,17,18). The number of guanidine groups is 1. The zero-order valence-corrected chi connectivity index (χ0v) is 13.1. The van der Waals surface area contributed by atoms with Gasteiger partial charge in [-0.25, -0.2) is 0 Å². The van der Waals surface area contributed by atoms with Gasteiger partial charge in [0.25, 0.3) is 0 Å². The number of ether oxygens (including phenoxy) is 1. The van der Waals surface area contributed by atoms with Gasteiger partial charge in [-0.1, -0.05) is 19.8 Å². The summed E-state index contributed by atoms with van der Waals surface area (Å²) in [6.07, 6.45) is 7.97. The summed E-state index contributed by atoms with van der Waals surface area (Å²) in [5, 5.41) is 3.64. The van der Waals surface area contributed by atoms with Crippen molar-refractivity contribution in [2.75, 3.05) is 39.9 Å². The molecule has 3 fully saturated rings. The molecule has 1 unspecified atom stereocenters. The first-order chi connectivity index (χ1) is 9.65. The van der Waals surface area contributed by atoms with E-state index in [0.29, 0.717) is 10.8 Å². The molecular formula is C16H29N3O. The van der Waals surface area contributed by atoms with Gasteiger partial charge in [0, 0.05) is 38.7 Å². The zero-order chi connectivity index (χ0) is 14.1. The number of likely N-dealkylation sites (tertiary alicyclic amines) is 1. The smallest absolute Gasteiger partial charge is 0.193 e. The first-order valence-corrected chi connectivity index (χ1v) is 8.18. The molecule has 114 valence electrons. The average Bonchev–Trinajstić information content (AvgIpc) is 3.16. The van der Waals surface area contributed by atoms with E-state index in [4.69, 9.17) is 4.74 Å². The molecule has 0 aromatic heterocycles. The second-order valence-corrected chi connectivity index (χ2v) is 7.39. The van der Waals surface area contributed by atoms with Crippen LogP contribution in [0, 0.1) is 10.8 Å². The second-order valence-electron chi connectivity index (χ2n) is 7.39. The highest BCUT2D eigenvalue weighted by molar-refractivity contribution is 5.80. The van der Waals surface area contributed by atoms with Crippen LogP contribution in [0.15, 0.2) is 4.99 Å². The molecule has 3 aliphatic rings. The van der Waals surface area contributed by atoms with Crippen molar-refractivity contribution in [1.29, 1.82) is 0 Å². The molecule has 1 saturated carbocycles. The number of hydrogen-bond acceptors (Lipinski definition) is 2. The molecule has 20 heavy (non-hydrogen) atoms. The Morgan fingerprint density at radius 1 is 1.25 bits per heavy atom. The fourth-order valence-corrected chi connectivity index (χ4v) is 4.12. The van der Waals surface area contributed by atoms with Gasteiger partial charge < -0.3 is 15.0 Å². The van der Waals surface area contributed by atoms with E-state index in [-0.39, 0.29) is 0 Å². The molecule has 0 aromatic carbocycles. The van der Waals surface area contributed by atoms with E-state index >= 15 is 0 Å².